The molecule has 1 unspecified atom stereocenters. The molecule has 2 fully saturated rings. The number of hydrogen-bond acceptors (Lipinski definition) is 5. The second-order valence-electron chi connectivity index (χ2n) is 14.3. The van der Waals surface area contributed by atoms with E-state index in [1.165, 1.54) is 18.2 Å². The molecule has 11 heteroatoms. The molecule has 2 amide bonds. The number of carboxylic acids is 1. The van der Waals surface area contributed by atoms with Crippen LogP contribution in [0.1, 0.15) is 75.1 Å². The third kappa shape index (κ3) is 8.13. The van der Waals surface area contributed by atoms with Gasteiger partial charge in [0.15, 0.2) is 0 Å². The number of amides is 2. The van der Waals surface area contributed by atoms with Crippen molar-refractivity contribution in [3.63, 3.8) is 0 Å². The van der Waals surface area contributed by atoms with Gasteiger partial charge >= 0.3 is 5.97 Å². The Hall–Kier alpha value is -4.27. The monoisotopic (exact) mass is 761 g/mol. The highest BCUT2D eigenvalue weighted by molar-refractivity contribution is 9.10. The van der Waals surface area contributed by atoms with E-state index in [-0.39, 0.29) is 61.8 Å². The number of rotatable bonds is 14. The van der Waals surface area contributed by atoms with Crippen molar-refractivity contribution in [1.82, 2.24) is 15.1 Å². The van der Waals surface area contributed by atoms with Crippen molar-refractivity contribution in [2.45, 2.75) is 89.0 Å². The summed E-state index contributed by atoms with van der Waals surface area (Å²) in [5.74, 6) is 4.57. The fraction of sp³-hybridized carbons (Fsp3) is 0.425. The number of carbonyl (C=O) groups is 3. The first kappa shape index (κ1) is 36.5. The van der Waals surface area contributed by atoms with Crippen LogP contribution in [0.4, 0.5) is 8.78 Å². The summed E-state index contributed by atoms with van der Waals surface area (Å²) in [5.41, 5.74) is -0.239. The number of carboxylic acid groups (broad SMARTS) is 1. The van der Waals surface area contributed by atoms with Crippen molar-refractivity contribution in [3.8, 4) is 17.6 Å². The molecule has 51 heavy (non-hydrogen) atoms. The highest BCUT2D eigenvalue weighted by Crippen LogP contribution is 2.44. The third-order valence-corrected chi connectivity index (χ3v) is 10.7. The molecular formula is C40H42BrF2N3O5. The molecule has 0 spiro atoms. The Morgan fingerprint density at radius 1 is 1.10 bits per heavy atom. The lowest BCUT2D eigenvalue weighted by atomic mass is 9.75. The number of carbonyl (C=O) groups excluding carboxylic acids is 2. The predicted molar refractivity (Wildman–Crippen MR) is 191 cm³/mol. The Morgan fingerprint density at radius 2 is 1.84 bits per heavy atom. The molecule has 1 saturated heterocycles. The standard InChI is InChI=1S/C40H42BrF2N3O5/c1-39(2,38(49)50)21-19-35(47)46-25-30-9-5-20-40(44-30,37(48)45(31-16-17-31)24-28-8-3-4-10-33(28)43)36(46)27-13-11-26(12-14-27)7-6-22-51-34-23-29(42)15-18-32(34)41/h3-4,8,10-15,18,23,30-31,36,44H,6-7,16-17,19-22,24-25H2,1-2H3,(H,49,50)/t30-,36?,40+/m0/s1. The molecule has 2 aliphatic heterocycles. The summed E-state index contributed by atoms with van der Waals surface area (Å²) in [6.45, 7) is 3.89. The molecule has 3 aliphatic rings. The van der Waals surface area contributed by atoms with Crippen molar-refractivity contribution in [1.29, 1.82) is 0 Å². The molecule has 2 heterocycles. The molecule has 3 aromatic rings. The average Bonchev–Trinajstić information content (AvgIpc) is 3.96. The maximum Gasteiger partial charge on any atom is 0.309 e. The Labute approximate surface area is 305 Å². The summed E-state index contributed by atoms with van der Waals surface area (Å²) < 4.78 is 35.0. The van der Waals surface area contributed by atoms with Crippen LogP contribution in [0.2, 0.25) is 0 Å². The van der Waals surface area contributed by atoms with E-state index in [9.17, 15) is 23.5 Å². The topological polar surface area (TPSA) is 99.2 Å². The second kappa shape index (κ2) is 15.1. The second-order valence-corrected chi connectivity index (χ2v) is 15.2. The quantitative estimate of drug-likeness (QED) is 0.139. The summed E-state index contributed by atoms with van der Waals surface area (Å²) in [4.78, 5) is 44.5. The normalized spacial score (nSPS) is 21.0. The smallest absolute Gasteiger partial charge is 0.309 e. The molecule has 268 valence electrons. The first-order valence-corrected chi connectivity index (χ1v) is 18.2. The SMILES string of the molecule is CC(C)(CCC(=O)N1C[C@@H]2C#CC[C@@](C(=O)N(Cc3ccccc3F)C3CC3)(N2)C1c1ccc(CCCOc2cc(F)ccc2Br)cc1)C(=O)O. The number of fused-ring (bicyclic) bond motifs is 2. The number of aryl methyl sites for hydroxylation is 1. The number of hydrogen-bond donors (Lipinski definition) is 2. The van der Waals surface area contributed by atoms with Crippen molar-refractivity contribution in [2.24, 2.45) is 5.41 Å². The van der Waals surface area contributed by atoms with E-state index in [2.05, 4.69) is 33.1 Å². The number of ether oxygens (including phenoxy) is 1. The summed E-state index contributed by atoms with van der Waals surface area (Å²) in [7, 11) is 0. The highest BCUT2D eigenvalue weighted by Gasteiger charge is 2.57. The van der Waals surface area contributed by atoms with Gasteiger partial charge in [0.25, 0.3) is 0 Å². The van der Waals surface area contributed by atoms with Gasteiger partial charge in [0.05, 0.1) is 28.6 Å². The predicted octanol–water partition coefficient (Wildman–Crippen LogP) is 6.81. The Morgan fingerprint density at radius 3 is 2.55 bits per heavy atom. The Balaban J connectivity index is 1.29. The fourth-order valence-corrected chi connectivity index (χ4v) is 7.27. The lowest BCUT2D eigenvalue weighted by Crippen LogP contribution is -2.73. The average molecular weight is 763 g/mol. The van der Waals surface area contributed by atoms with Crippen LogP contribution < -0.4 is 10.1 Å². The van der Waals surface area contributed by atoms with E-state index in [1.54, 1.807) is 47.9 Å². The molecule has 0 radical (unpaired) electrons. The van der Waals surface area contributed by atoms with Crippen LogP contribution in [0, 0.1) is 28.9 Å². The van der Waals surface area contributed by atoms with Crippen LogP contribution in [0.5, 0.6) is 5.75 Å². The van der Waals surface area contributed by atoms with Crippen LogP contribution >= 0.6 is 15.9 Å². The van der Waals surface area contributed by atoms with Gasteiger partial charge in [-0.3, -0.25) is 19.7 Å². The van der Waals surface area contributed by atoms with E-state index in [4.69, 9.17) is 4.74 Å². The summed E-state index contributed by atoms with van der Waals surface area (Å²) in [5, 5.41) is 13.3. The first-order valence-electron chi connectivity index (χ1n) is 17.4. The zero-order chi connectivity index (χ0) is 36.3. The highest BCUT2D eigenvalue weighted by atomic mass is 79.9. The van der Waals surface area contributed by atoms with Crippen molar-refractivity contribution in [2.75, 3.05) is 13.2 Å². The Kier molecular flexibility index (Phi) is 10.8. The fourth-order valence-electron chi connectivity index (χ4n) is 6.91. The molecule has 6 rings (SSSR count). The summed E-state index contributed by atoms with van der Waals surface area (Å²) in [6, 6.07) is 17.3. The molecule has 2 N–H and O–H groups in total. The zero-order valence-corrected chi connectivity index (χ0v) is 30.3. The lowest BCUT2D eigenvalue weighted by molar-refractivity contribution is -0.152. The summed E-state index contributed by atoms with van der Waals surface area (Å²) in [6.07, 6.45) is 3.22. The van der Waals surface area contributed by atoms with Gasteiger partial charge in [-0.1, -0.05) is 54.3 Å². The van der Waals surface area contributed by atoms with E-state index in [1.807, 2.05) is 24.3 Å². The maximum absolute atomic E-state index is 15.0. The summed E-state index contributed by atoms with van der Waals surface area (Å²) >= 11 is 3.38. The van der Waals surface area contributed by atoms with Gasteiger partial charge in [0.1, 0.15) is 22.9 Å². The first-order chi connectivity index (χ1) is 24.4. The third-order valence-electron chi connectivity index (χ3n) is 10.1. The van der Waals surface area contributed by atoms with Gasteiger partial charge in [0.2, 0.25) is 11.8 Å². The van der Waals surface area contributed by atoms with Gasteiger partial charge in [-0.05, 0) is 91.2 Å². The minimum Gasteiger partial charge on any atom is -0.492 e. The van der Waals surface area contributed by atoms with Crippen LogP contribution in [0.15, 0.2) is 71.2 Å². The van der Waals surface area contributed by atoms with Gasteiger partial charge < -0.3 is 19.6 Å². The van der Waals surface area contributed by atoms with Crippen LogP contribution in [-0.2, 0) is 27.3 Å². The lowest BCUT2D eigenvalue weighted by Gasteiger charge is -2.53. The molecule has 0 aromatic heterocycles. The van der Waals surface area contributed by atoms with Crippen LogP contribution in [0.25, 0.3) is 0 Å². The zero-order valence-electron chi connectivity index (χ0n) is 28.8. The van der Waals surface area contributed by atoms with Gasteiger partial charge in [-0.2, -0.15) is 0 Å². The maximum atomic E-state index is 15.0. The molecular weight excluding hydrogens is 720 g/mol. The number of nitrogens with zero attached hydrogens (tertiary/aromatic N) is 2. The van der Waals surface area contributed by atoms with Crippen molar-refractivity contribution in [3.05, 3.63) is 99.5 Å². The number of halogens is 3. The number of aliphatic carboxylic acids is 1. The van der Waals surface area contributed by atoms with Crippen LogP contribution in [-0.4, -0.2) is 63.5 Å². The molecule has 2 bridgehead atoms. The number of nitrogens with one attached hydrogen (secondary N) is 1. The molecule has 3 aromatic carbocycles. The van der Waals surface area contributed by atoms with Crippen LogP contribution in [0.3, 0.4) is 0 Å². The van der Waals surface area contributed by atoms with Gasteiger partial charge in [0, 0.05) is 43.6 Å². The van der Waals surface area contributed by atoms with Gasteiger partial charge in [-0.25, -0.2) is 8.78 Å². The molecule has 8 nitrogen and oxygen atoms in total. The minimum absolute atomic E-state index is 0.0126. The van der Waals surface area contributed by atoms with E-state index < -0.39 is 29.0 Å². The van der Waals surface area contributed by atoms with Crippen molar-refractivity contribution >= 4 is 33.7 Å². The van der Waals surface area contributed by atoms with E-state index in [0.29, 0.717) is 35.2 Å². The van der Waals surface area contributed by atoms with E-state index >= 15 is 4.79 Å². The molecule has 3 atom stereocenters. The minimum atomic E-state index is -1.31. The van der Waals surface area contributed by atoms with Crippen molar-refractivity contribution < 1.29 is 33.0 Å². The number of piperazine rings is 1. The molecule has 1 saturated carbocycles. The van der Waals surface area contributed by atoms with E-state index in [0.717, 1.165) is 24.0 Å². The van der Waals surface area contributed by atoms with Gasteiger partial charge in [-0.15, -0.1) is 0 Å². The Bertz CT molecular complexity index is 1850. The number of benzene rings is 3. The molecule has 1 aliphatic carbocycles. The largest absolute Gasteiger partial charge is 0.492 e.